The minimum Gasteiger partial charge on any atom is -0.502 e. The lowest BCUT2D eigenvalue weighted by Gasteiger charge is -2.68. The molecule has 13 rings (SSSR count). The maximum atomic E-state index is 14.1. The summed E-state index contributed by atoms with van der Waals surface area (Å²) < 4.78 is 32.2. The van der Waals surface area contributed by atoms with Crippen LogP contribution in [0.25, 0.3) is 11.1 Å². The Bertz CT molecular complexity index is 3230. The number of imide groups is 1. The topological polar surface area (TPSA) is 241 Å². The van der Waals surface area contributed by atoms with Crippen LogP contribution in [0.15, 0.2) is 72.8 Å². The maximum Gasteiger partial charge on any atom is 0.254 e. The van der Waals surface area contributed by atoms with E-state index in [0.29, 0.717) is 97.8 Å². The molecule has 17 heteroatoms. The average molecular weight is 1150 g/mol. The number of ether oxygens (including phenoxy) is 5. The summed E-state index contributed by atoms with van der Waals surface area (Å²) in [7, 11) is 3.35. The first-order chi connectivity index (χ1) is 40.9. The molecule has 448 valence electrons. The minimum atomic E-state index is -1.09. The first kappa shape index (κ1) is 56.9. The fourth-order valence-electron chi connectivity index (χ4n) is 18.3. The lowest BCUT2D eigenvalue weighted by Crippen LogP contribution is -2.67. The molecule has 9 N–H and O–H groups in total. The highest BCUT2D eigenvalue weighted by Crippen LogP contribution is 2.71. The number of methoxy groups -OCH3 is 1. The predicted molar refractivity (Wildman–Crippen MR) is 314 cm³/mol. The van der Waals surface area contributed by atoms with Gasteiger partial charge in [0.25, 0.3) is 11.8 Å². The Labute approximate surface area is 491 Å². The molecule has 6 aliphatic carbocycles. The van der Waals surface area contributed by atoms with Gasteiger partial charge in [-0.25, -0.2) is 0 Å². The van der Waals surface area contributed by atoms with E-state index >= 15 is 0 Å². The van der Waals surface area contributed by atoms with E-state index in [4.69, 9.17) is 23.7 Å². The standard InChI is InChI=1S/C67H82N4O13/c1-4-69-35-84-53-29-51(81-23-21-68-2)42-14-15-43-59-50(70-65(79)62(53)61(42)59)28-52-60(43)63(77)47(34-83-52)37-24-54(80-3)64(78)55(25-37)82-33-39(31-73)67-30-38(66(19-8-5-9-20-66)71-56(75)16-17-57(71)76)26-45-49(67)27-44(40-10-6-7-11-48(40)67)41-13-12-36(18-22-72)46(32-74)58(41)45/h6-7,10-13,16-17,24-25,28-29,36,38-39,41,44-47,49,58,63,65,68-70,72-74,77-79H,4-5,8-9,14-15,18-23,26-27,30-35H2,1-3H3/t36-,38+,39-,41-,44+,45-,46+,47-,49+,58-,63-,65+,67-/m0/s1. The van der Waals surface area contributed by atoms with Crippen LogP contribution in [0.1, 0.15) is 128 Å². The highest BCUT2D eigenvalue weighted by atomic mass is 16.5. The van der Waals surface area contributed by atoms with Crippen molar-refractivity contribution in [2.45, 2.75) is 113 Å². The quantitative estimate of drug-likeness (QED) is 0.0181. The van der Waals surface area contributed by atoms with E-state index < -0.39 is 35.1 Å². The molecule has 0 radical (unpaired) electrons. The van der Waals surface area contributed by atoms with Gasteiger partial charge in [0.1, 0.15) is 30.6 Å². The lowest BCUT2D eigenvalue weighted by atomic mass is 9.37. The molecule has 2 amide bonds. The minimum absolute atomic E-state index is 0.000749. The second-order valence-electron chi connectivity index (χ2n) is 25.3. The molecule has 4 aromatic carbocycles. The van der Waals surface area contributed by atoms with Crippen LogP contribution in [-0.4, -0.2) is 127 Å². The van der Waals surface area contributed by atoms with Gasteiger partial charge >= 0.3 is 0 Å². The van der Waals surface area contributed by atoms with Gasteiger partial charge in [0.15, 0.2) is 17.7 Å². The van der Waals surface area contributed by atoms with Gasteiger partial charge in [-0.2, -0.15) is 0 Å². The van der Waals surface area contributed by atoms with Crippen molar-refractivity contribution < 1.29 is 63.9 Å². The van der Waals surface area contributed by atoms with E-state index in [1.54, 1.807) is 17.0 Å². The Morgan fingerprint density at radius 3 is 2.40 bits per heavy atom. The molecule has 2 bridgehead atoms. The SMILES string of the molecule is CCNCOc1cc(OCCNC)c2c3c1[C@@H](O)Nc1cc4c(c(c1-3)CC2)[C@@H](O)[C@H](c1cc(OC)c(O)c(OC[C@H](CO)[C@]23C[C@H](C5(N6C(=O)C=CC6=O)CCCCC5)C[C@@H]5[C@@H]6[C@@H](C=C[C@@H](CCO)[C@H]6CO)[C@H](C[C@H]52)c2ccccc23)c1)CO4. The normalized spacial score (nSPS) is 30.3. The smallest absolute Gasteiger partial charge is 0.254 e. The number of aromatic hydroxyl groups is 1. The Morgan fingerprint density at radius 2 is 1.65 bits per heavy atom. The van der Waals surface area contributed by atoms with Crippen LogP contribution in [0.2, 0.25) is 0 Å². The Balaban J connectivity index is 0.880. The Kier molecular flexibility index (Phi) is 15.5. The fourth-order valence-corrected chi connectivity index (χ4v) is 18.3. The molecule has 9 aliphatic rings. The van der Waals surface area contributed by atoms with E-state index in [2.05, 4.69) is 52.4 Å². The number of phenolic OH excluding ortho intramolecular Hbond substituents is 1. The van der Waals surface area contributed by atoms with E-state index in [1.807, 2.05) is 26.1 Å². The third kappa shape index (κ3) is 8.95. The maximum absolute atomic E-state index is 14.1. The van der Waals surface area contributed by atoms with Crippen molar-refractivity contribution in [2.24, 2.45) is 47.3 Å². The second-order valence-corrected chi connectivity index (χ2v) is 25.3. The van der Waals surface area contributed by atoms with Gasteiger partial charge in [-0.05, 0) is 147 Å². The lowest BCUT2D eigenvalue weighted by molar-refractivity contribution is -0.160. The number of nitrogens with zero attached hydrogens (tertiary/aromatic N) is 1. The van der Waals surface area contributed by atoms with E-state index in [0.717, 1.165) is 59.9 Å². The number of rotatable bonds is 20. The third-order valence-electron chi connectivity index (χ3n) is 21.8. The Hall–Kier alpha value is -6.18. The summed E-state index contributed by atoms with van der Waals surface area (Å²) in [5, 5.41) is 80.6. The molecule has 3 fully saturated rings. The van der Waals surface area contributed by atoms with Crippen LogP contribution >= 0.6 is 0 Å². The summed E-state index contributed by atoms with van der Waals surface area (Å²) in [6.45, 7) is 3.72. The second kappa shape index (κ2) is 22.9. The largest absolute Gasteiger partial charge is 0.502 e. The number of carbonyl (C=O) groups is 2. The van der Waals surface area contributed by atoms with Gasteiger partial charge in [-0.3, -0.25) is 19.8 Å². The summed E-state index contributed by atoms with van der Waals surface area (Å²) >= 11 is 0. The first-order valence-corrected chi connectivity index (χ1v) is 30.9. The zero-order valence-electron chi connectivity index (χ0n) is 48.5. The number of carbonyl (C=O) groups excluding carboxylic acids is 2. The molecule has 3 saturated carbocycles. The number of fused-ring (bicyclic) bond motifs is 9. The summed E-state index contributed by atoms with van der Waals surface area (Å²) in [5.74, 6) is -0.0419. The number of aliphatic hydroxyl groups excluding tert-OH is 5. The zero-order valence-corrected chi connectivity index (χ0v) is 48.5. The number of aliphatic hydroxyl groups is 5. The number of allylic oxidation sites excluding steroid dienone is 2. The number of hydrogen-bond donors (Lipinski definition) is 9. The van der Waals surface area contributed by atoms with Gasteiger partial charge in [0.2, 0.25) is 5.75 Å². The van der Waals surface area contributed by atoms with E-state index in [1.165, 1.54) is 24.8 Å². The number of likely N-dealkylation sites (N-methyl/N-ethyl adjacent to an activating group) is 1. The monoisotopic (exact) mass is 1150 g/mol. The van der Waals surface area contributed by atoms with Crippen LogP contribution in [0.3, 0.4) is 0 Å². The van der Waals surface area contributed by atoms with Gasteiger partial charge in [0.05, 0.1) is 44.1 Å². The summed E-state index contributed by atoms with van der Waals surface area (Å²) in [4.78, 5) is 29.8. The molecule has 0 unspecified atom stereocenters. The Morgan fingerprint density at radius 1 is 0.869 bits per heavy atom. The van der Waals surface area contributed by atoms with E-state index in [9.17, 15) is 40.2 Å². The number of hydrogen-bond acceptors (Lipinski definition) is 16. The molecule has 13 atom stereocenters. The van der Waals surface area contributed by atoms with Crippen molar-refractivity contribution in [3.63, 3.8) is 0 Å². The van der Waals surface area contributed by atoms with Crippen LogP contribution in [0.5, 0.6) is 34.5 Å². The van der Waals surface area contributed by atoms with Crippen molar-refractivity contribution in [2.75, 3.05) is 78.9 Å². The summed E-state index contributed by atoms with van der Waals surface area (Å²) in [6.07, 6.45) is 13.2. The van der Waals surface area contributed by atoms with Crippen LogP contribution in [0.4, 0.5) is 5.69 Å². The van der Waals surface area contributed by atoms with Gasteiger partial charge in [-0.1, -0.05) is 62.6 Å². The highest BCUT2D eigenvalue weighted by Gasteiger charge is 2.67. The van der Waals surface area contributed by atoms with Gasteiger partial charge < -0.3 is 65.0 Å². The zero-order chi connectivity index (χ0) is 58.2. The fraction of sp³-hybridized carbons (Fsp3) is 0.552. The van der Waals surface area contributed by atoms with Crippen LogP contribution in [-0.2, 0) is 27.8 Å². The van der Waals surface area contributed by atoms with Crippen molar-refractivity contribution in [1.29, 1.82) is 0 Å². The van der Waals surface area contributed by atoms with Gasteiger partial charge in [-0.15, -0.1) is 0 Å². The molecule has 0 aromatic heterocycles. The van der Waals surface area contributed by atoms with Crippen molar-refractivity contribution in [1.82, 2.24) is 15.5 Å². The number of anilines is 1. The first-order valence-electron chi connectivity index (χ1n) is 30.9. The molecule has 3 heterocycles. The molecule has 4 aromatic rings. The van der Waals surface area contributed by atoms with Crippen molar-refractivity contribution in [3.05, 3.63) is 112 Å². The molecular formula is C67H82N4O13. The van der Waals surface area contributed by atoms with Gasteiger partial charge in [0, 0.05) is 89.2 Å². The summed E-state index contributed by atoms with van der Waals surface area (Å²) in [6, 6.07) is 15.8. The molecule has 17 nitrogen and oxygen atoms in total. The number of amides is 2. The molecular weight excluding hydrogens is 1070 g/mol. The summed E-state index contributed by atoms with van der Waals surface area (Å²) in [5.41, 5.74) is 6.89. The average Bonchev–Trinajstić information content (AvgIpc) is 1.02. The number of benzene rings is 4. The number of nitrogens with one attached hydrogen (secondary N) is 3. The third-order valence-corrected chi connectivity index (χ3v) is 21.8. The van der Waals surface area contributed by atoms with Crippen LogP contribution < -0.4 is 39.6 Å². The highest BCUT2D eigenvalue weighted by molar-refractivity contribution is 6.13. The molecule has 0 spiro atoms. The van der Waals surface area contributed by atoms with E-state index in [-0.39, 0.29) is 116 Å². The molecule has 3 aliphatic heterocycles. The number of phenols is 1. The molecule has 0 saturated heterocycles. The van der Waals surface area contributed by atoms with Crippen molar-refractivity contribution in [3.8, 4) is 45.6 Å². The van der Waals surface area contributed by atoms with Crippen molar-refractivity contribution >= 4 is 17.5 Å². The predicted octanol–water partition coefficient (Wildman–Crippen LogP) is 7.44. The molecule has 84 heavy (non-hydrogen) atoms. The van der Waals surface area contributed by atoms with Crippen LogP contribution in [0, 0.1) is 47.3 Å².